The van der Waals surface area contributed by atoms with Gasteiger partial charge in [0, 0.05) is 51.2 Å². The number of hydrogen-bond acceptors (Lipinski definition) is 6. The maximum atomic E-state index is 12.9. The van der Waals surface area contributed by atoms with E-state index in [2.05, 4.69) is 25.8 Å². The van der Waals surface area contributed by atoms with Crippen molar-refractivity contribution in [3.63, 3.8) is 0 Å². The minimum Gasteiger partial charge on any atom is -0.463 e. The first kappa shape index (κ1) is 26.8. The van der Waals surface area contributed by atoms with Gasteiger partial charge in [0.05, 0.1) is 20.1 Å². The monoisotopic (exact) mass is 614 g/mol. The van der Waals surface area contributed by atoms with Gasteiger partial charge in [-0.3, -0.25) is 9.69 Å². The summed E-state index contributed by atoms with van der Waals surface area (Å²) in [6.45, 7) is 2.81. The molecule has 13 heteroatoms. The third-order valence-electron chi connectivity index (χ3n) is 6.11. The van der Waals surface area contributed by atoms with Gasteiger partial charge in [0.1, 0.15) is 0 Å². The zero-order chi connectivity index (χ0) is 26.0. The Morgan fingerprint density at radius 3 is 2.47 bits per heavy atom. The molecule has 1 fully saturated rings. The molecule has 0 unspecified atom stereocenters. The molecule has 0 bridgehead atoms. The average molecular weight is 616 g/mol. The Kier molecular flexibility index (Phi) is 8.20. The minimum absolute atomic E-state index is 0.0773. The minimum atomic E-state index is -3.61. The molecule has 0 aliphatic carbocycles. The molecule has 9 nitrogen and oxygen atoms in total. The molecule has 2 aromatic carbocycles. The van der Waals surface area contributed by atoms with Crippen LogP contribution in [0.1, 0.15) is 12.1 Å². The van der Waals surface area contributed by atoms with Gasteiger partial charge in [-0.1, -0.05) is 35.1 Å². The van der Waals surface area contributed by atoms with Crippen LogP contribution < -0.4 is 4.80 Å². The Morgan fingerprint density at radius 2 is 1.78 bits per heavy atom. The number of carboxylic acid groups (broad SMARTS) is 1. The average Bonchev–Trinajstić information content (AvgIpc) is 3.09. The Balaban J connectivity index is 1.33. The van der Waals surface area contributed by atoms with Crippen molar-refractivity contribution >= 4 is 71.5 Å². The number of hydrogen-bond donors (Lipinski definition) is 1. The van der Waals surface area contributed by atoms with E-state index in [1.165, 1.54) is 11.3 Å². The summed E-state index contributed by atoms with van der Waals surface area (Å²) in [5, 5.41) is 11.1. The number of sulfone groups is 1. The Hall–Kier alpha value is -2.25. The number of amides is 2. The van der Waals surface area contributed by atoms with Crippen molar-refractivity contribution in [2.75, 3.05) is 31.9 Å². The molecule has 2 heterocycles. The highest BCUT2D eigenvalue weighted by Gasteiger charge is 2.25. The fourth-order valence-corrected chi connectivity index (χ4v) is 7.17. The fourth-order valence-electron chi connectivity index (χ4n) is 4.06. The third kappa shape index (κ3) is 6.17. The lowest BCUT2D eigenvalue weighted by molar-refractivity contribution is -0.132. The number of thiazole rings is 1. The first-order valence-corrected chi connectivity index (χ1v) is 14.7. The standard InChI is InChI=1S/C23H24BrClN4O5S2/c1-27-19(21(24)35-22(27)26-23(31)32)14-28-7-9-29(10-8-28)20(30)6-11-36(33,34)18-5-3-15-12-17(25)4-2-16(15)13-18/h2-5,12-13H,6-11,14H2,1H3,(H,31,32)/b26-22-. The SMILES string of the molecule is Cn1c(CN2CCN(C(=O)CCS(=O)(=O)c3ccc4cc(Cl)ccc4c3)CC2)c(Br)s/c1=N\C(=O)O. The molecule has 1 aliphatic heterocycles. The van der Waals surface area contributed by atoms with Crippen LogP contribution in [0.4, 0.5) is 4.79 Å². The summed E-state index contributed by atoms with van der Waals surface area (Å²) in [4.78, 5) is 31.7. The van der Waals surface area contributed by atoms with E-state index in [0.29, 0.717) is 42.5 Å². The molecule has 36 heavy (non-hydrogen) atoms. The lowest BCUT2D eigenvalue weighted by atomic mass is 10.1. The predicted molar refractivity (Wildman–Crippen MR) is 142 cm³/mol. The third-order valence-corrected chi connectivity index (χ3v) is 9.96. The molecular weight excluding hydrogens is 592 g/mol. The van der Waals surface area contributed by atoms with Crippen LogP contribution in [0, 0.1) is 0 Å². The summed E-state index contributed by atoms with van der Waals surface area (Å²) in [6.07, 6.45) is -1.32. The van der Waals surface area contributed by atoms with Crippen LogP contribution in [-0.4, -0.2) is 71.8 Å². The van der Waals surface area contributed by atoms with Gasteiger partial charge in [0.2, 0.25) is 5.91 Å². The van der Waals surface area contributed by atoms with Gasteiger partial charge in [0.25, 0.3) is 0 Å². The summed E-state index contributed by atoms with van der Waals surface area (Å²) < 4.78 is 28.3. The summed E-state index contributed by atoms with van der Waals surface area (Å²) in [7, 11) is -1.84. The summed E-state index contributed by atoms with van der Waals surface area (Å²) in [5.41, 5.74) is 0.906. The van der Waals surface area contributed by atoms with Crippen LogP contribution in [0.3, 0.4) is 0 Å². The van der Waals surface area contributed by atoms with Crippen molar-refractivity contribution in [1.29, 1.82) is 0 Å². The van der Waals surface area contributed by atoms with Gasteiger partial charge in [0.15, 0.2) is 14.6 Å². The number of benzene rings is 2. The van der Waals surface area contributed by atoms with Crippen molar-refractivity contribution in [3.8, 4) is 0 Å². The lowest BCUT2D eigenvalue weighted by Crippen LogP contribution is -2.48. The van der Waals surface area contributed by atoms with Crippen LogP contribution in [0.15, 0.2) is 50.1 Å². The van der Waals surface area contributed by atoms with Crippen molar-refractivity contribution in [2.45, 2.75) is 17.9 Å². The molecule has 4 rings (SSSR count). The Labute approximate surface area is 225 Å². The van der Waals surface area contributed by atoms with Gasteiger partial charge in [-0.15, -0.1) is 4.99 Å². The second-order valence-electron chi connectivity index (χ2n) is 8.44. The van der Waals surface area contributed by atoms with E-state index in [9.17, 15) is 18.0 Å². The van der Waals surface area contributed by atoms with E-state index < -0.39 is 15.9 Å². The Bertz CT molecular complexity index is 1490. The van der Waals surface area contributed by atoms with Crippen molar-refractivity contribution in [2.24, 2.45) is 12.0 Å². The van der Waals surface area contributed by atoms with Gasteiger partial charge < -0.3 is 14.6 Å². The number of piperazine rings is 1. The normalized spacial score (nSPS) is 15.5. The molecule has 2 amide bonds. The number of halogens is 2. The molecule has 192 valence electrons. The molecule has 1 aliphatic rings. The lowest BCUT2D eigenvalue weighted by Gasteiger charge is -2.34. The number of carbonyl (C=O) groups is 2. The maximum Gasteiger partial charge on any atom is 0.433 e. The van der Waals surface area contributed by atoms with E-state index in [4.69, 9.17) is 16.7 Å². The maximum absolute atomic E-state index is 12.9. The van der Waals surface area contributed by atoms with E-state index in [1.807, 2.05) is 0 Å². The molecule has 0 radical (unpaired) electrons. The van der Waals surface area contributed by atoms with Crippen LogP contribution in [0.2, 0.25) is 5.02 Å². The first-order chi connectivity index (χ1) is 17.0. The summed E-state index contributed by atoms with van der Waals surface area (Å²) in [6, 6.07) is 10.1. The van der Waals surface area contributed by atoms with E-state index in [1.54, 1.807) is 52.9 Å². The number of nitrogens with zero attached hydrogens (tertiary/aromatic N) is 4. The smallest absolute Gasteiger partial charge is 0.433 e. The molecular formula is C23H24BrClN4O5S2. The fraction of sp³-hybridized carbons (Fsp3) is 0.348. The summed E-state index contributed by atoms with van der Waals surface area (Å²) in [5.74, 6) is -0.436. The highest BCUT2D eigenvalue weighted by molar-refractivity contribution is 9.11. The highest BCUT2D eigenvalue weighted by atomic mass is 79.9. The van der Waals surface area contributed by atoms with Crippen LogP contribution in [0.25, 0.3) is 10.8 Å². The van der Waals surface area contributed by atoms with E-state index in [-0.39, 0.29) is 23.0 Å². The molecule has 0 atom stereocenters. The van der Waals surface area contributed by atoms with Crippen LogP contribution in [0.5, 0.6) is 0 Å². The number of rotatable bonds is 6. The molecule has 3 aromatic rings. The van der Waals surface area contributed by atoms with E-state index >= 15 is 0 Å². The number of aromatic nitrogens is 1. The predicted octanol–water partition coefficient (Wildman–Crippen LogP) is 3.74. The van der Waals surface area contributed by atoms with E-state index in [0.717, 1.165) is 20.3 Å². The largest absolute Gasteiger partial charge is 0.463 e. The van der Waals surface area contributed by atoms with Crippen LogP contribution in [-0.2, 0) is 28.2 Å². The van der Waals surface area contributed by atoms with Crippen molar-refractivity contribution in [1.82, 2.24) is 14.4 Å². The second-order valence-corrected chi connectivity index (χ2v) is 13.3. The van der Waals surface area contributed by atoms with Crippen LogP contribution >= 0.6 is 38.9 Å². The zero-order valence-electron chi connectivity index (χ0n) is 19.4. The number of carbonyl (C=O) groups excluding carboxylic acids is 1. The molecule has 0 spiro atoms. The molecule has 1 aromatic heterocycles. The topological polar surface area (TPSA) is 112 Å². The molecule has 1 N–H and O–H groups in total. The van der Waals surface area contributed by atoms with Gasteiger partial charge in [-0.2, -0.15) is 0 Å². The van der Waals surface area contributed by atoms with Crippen molar-refractivity contribution < 1.29 is 23.1 Å². The zero-order valence-corrected chi connectivity index (χ0v) is 23.3. The van der Waals surface area contributed by atoms with Crippen molar-refractivity contribution in [3.05, 3.63) is 55.7 Å². The molecule has 0 saturated carbocycles. The summed E-state index contributed by atoms with van der Waals surface area (Å²) >= 11 is 10.7. The molecule has 1 saturated heterocycles. The van der Waals surface area contributed by atoms with Gasteiger partial charge >= 0.3 is 6.09 Å². The highest BCUT2D eigenvalue weighted by Crippen LogP contribution is 2.24. The van der Waals surface area contributed by atoms with Gasteiger partial charge in [-0.05, 0) is 51.0 Å². The number of fused-ring (bicyclic) bond motifs is 1. The van der Waals surface area contributed by atoms with Gasteiger partial charge in [-0.25, -0.2) is 13.2 Å². The second kappa shape index (κ2) is 11.0. The Morgan fingerprint density at radius 1 is 1.11 bits per heavy atom. The quantitative estimate of drug-likeness (QED) is 0.452. The first-order valence-electron chi connectivity index (χ1n) is 11.1.